The van der Waals surface area contributed by atoms with Crippen molar-refractivity contribution in [2.45, 2.75) is 32.9 Å². The molecule has 0 bridgehead atoms. The molecule has 5 heteroatoms. The van der Waals surface area contributed by atoms with Gasteiger partial charge in [-0.25, -0.2) is 4.98 Å². The molecule has 1 rings (SSSR count). The molecule has 1 aromatic rings. The smallest absolute Gasteiger partial charge is 0.107 e. The number of thiazole rings is 1. The van der Waals surface area contributed by atoms with Gasteiger partial charge in [0.2, 0.25) is 0 Å². The minimum atomic E-state index is -0.631. The topological polar surface area (TPSA) is 65.4 Å². The van der Waals surface area contributed by atoms with Crippen LogP contribution in [0, 0.1) is 13.8 Å². The van der Waals surface area contributed by atoms with E-state index in [-0.39, 0.29) is 13.2 Å². The molecule has 4 nitrogen and oxygen atoms in total. The van der Waals surface area contributed by atoms with E-state index in [2.05, 4.69) is 10.3 Å². The van der Waals surface area contributed by atoms with Crippen molar-refractivity contribution in [1.82, 2.24) is 10.3 Å². The van der Waals surface area contributed by atoms with Crippen molar-refractivity contribution in [2.75, 3.05) is 13.2 Å². The van der Waals surface area contributed by atoms with E-state index >= 15 is 0 Å². The van der Waals surface area contributed by atoms with Crippen molar-refractivity contribution >= 4 is 11.3 Å². The molecule has 3 N–H and O–H groups in total. The van der Waals surface area contributed by atoms with Gasteiger partial charge in [-0.1, -0.05) is 0 Å². The maximum Gasteiger partial charge on any atom is 0.107 e. The van der Waals surface area contributed by atoms with Crippen LogP contribution in [0.5, 0.6) is 0 Å². The third kappa shape index (κ3) is 3.24. The zero-order chi connectivity index (χ0) is 11.5. The second-order valence-corrected chi connectivity index (χ2v) is 5.27. The molecule has 0 amide bonds. The van der Waals surface area contributed by atoms with Gasteiger partial charge in [0.05, 0.1) is 24.4 Å². The average Bonchev–Trinajstić information content (AvgIpc) is 2.55. The Morgan fingerprint density at radius 2 is 1.93 bits per heavy atom. The van der Waals surface area contributed by atoms with Crippen LogP contribution in [0.1, 0.15) is 22.5 Å². The fourth-order valence-electron chi connectivity index (χ4n) is 1.07. The van der Waals surface area contributed by atoms with E-state index in [1.54, 1.807) is 18.3 Å². The van der Waals surface area contributed by atoms with Crippen LogP contribution >= 0.6 is 11.3 Å². The molecule has 0 saturated carbocycles. The molecule has 1 aromatic heterocycles. The van der Waals surface area contributed by atoms with Crippen LogP contribution in [0.25, 0.3) is 0 Å². The zero-order valence-corrected chi connectivity index (χ0v) is 10.2. The number of hydrogen-bond donors (Lipinski definition) is 3. The van der Waals surface area contributed by atoms with Crippen molar-refractivity contribution < 1.29 is 10.2 Å². The Bertz CT molecular complexity index is 302. The lowest BCUT2D eigenvalue weighted by Crippen LogP contribution is -2.48. The highest BCUT2D eigenvalue weighted by Crippen LogP contribution is 2.16. The Kier molecular flexibility index (Phi) is 4.21. The van der Waals surface area contributed by atoms with Gasteiger partial charge in [-0.15, -0.1) is 11.3 Å². The Hall–Kier alpha value is -0.490. The number of nitrogens with zero attached hydrogens (tertiary/aromatic N) is 1. The van der Waals surface area contributed by atoms with Gasteiger partial charge < -0.3 is 15.5 Å². The maximum absolute atomic E-state index is 9.08. The molecule has 86 valence electrons. The van der Waals surface area contributed by atoms with Gasteiger partial charge in [0.25, 0.3) is 0 Å². The predicted molar refractivity (Wildman–Crippen MR) is 61.0 cm³/mol. The van der Waals surface area contributed by atoms with E-state index in [0.29, 0.717) is 6.54 Å². The van der Waals surface area contributed by atoms with Crippen LogP contribution in [-0.2, 0) is 6.54 Å². The van der Waals surface area contributed by atoms with E-state index in [0.717, 1.165) is 10.7 Å². The second kappa shape index (κ2) is 5.03. The number of rotatable bonds is 5. The summed E-state index contributed by atoms with van der Waals surface area (Å²) in [4.78, 5) is 5.58. The van der Waals surface area contributed by atoms with Crippen molar-refractivity contribution in [3.63, 3.8) is 0 Å². The Balaban J connectivity index is 2.56. The molecular formula is C10H18N2O2S. The second-order valence-electron chi connectivity index (χ2n) is 3.98. The Morgan fingerprint density at radius 3 is 2.33 bits per heavy atom. The lowest BCUT2D eigenvalue weighted by Gasteiger charge is -2.25. The van der Waals surface area contributed by atoms with Crippen LogP contribution in [0.15, 0.2) is 0 Å². The summed E-state index contributed by atoms with van der Waals surface area (Å²) in [6.45, 7) is 6.19. The first kappa shape index (κ1) is 12.6. The van der Waals surface area contributed by atoms with Crippen molar-refractivity contribution in [2.24, 2.45) is 0 Å². The lowest BCUT2D eigenvalue weighted by atomic mass is 10.1. The summed E-state index contributed by atoms with van der Waals surface area (Å²) in [7, 11) is 0. The summed E-state index contributed by atoms with van der Waals surface area (Å²) in [6.07, 6.45) is 0. The highest BCUT2D eigenvalue weighted by Gasteiger charge is 2.21. The van der Waals surface area contributed by atoms with Gasteiger partial charge in [0.1, 0.15) is 5.01 Å². The third-order valence-electron chi connectivity index (χ3n) is 2.44. The van der Waals surface area contributed by atoms with E-state index in [1.165, 1.54) is 4.88 Å². The number of aliphatic hydroxyl groups is 2. The monoisotopic (exact) mass is 230 g/mol. The third-order valence-corrected chi connectivity index (χ3v) is 3.51. The molecule has 0 aliphatic rings. The summed E-state index contributed by atoms with van der Waals surface area (Å²) >= 11 is 1.64. The molecular weight excluding hydrogens is 212 g/mol. The number of aromatic nitrogens is 1. The van der Waals surface area contributed by atoms with E-state index in [9.17, 15) is 0 Å². The molecule has 1 heterocycles. The van der Waals surface area contributed by atoms with E-state index < -0.39 is 5.54 Å². The van der Waals surface area contributed by atoms with Crippen LogP contribution < -0.4 is 5.32 Å². The van der Waals surface area contributed by atoms with E-state index in [4.69, 9.17) is 10.2 Å². The Morgan fingerprint density at radius 1 is 1.33 bits per heavy atom. The van der Waals surface area contributed by atoms with Gasteiger partial charge in [0, 0.05) is 11.4 Å². The first-order valence-electron chi connectivity index (χ1n) is 4.90. The number of nitrogens with one attached hydrogen (secondary N) is 1. The minimum Gasteiger partial charge on any atom is -0.394 e. The van der Waals surface area contributed by atoms with Gasteiger partial charge in [-0.05, 0) is 20.8 Å². The normalized spacial score (nSPS) is 12.1. The Labute approximate surface area is 94.0 Å². The average molecular weight is 230 g/mol. The SMILES string of the molecule is Cc1nc(CNC(C)(CO)CO)sc1C. The van der Waals surface area contributed by atoms with Gasteiger partial charge in [-0.3, -0.25) is 0 Å². The summed E-state index contributed by atoms with van der Waals surface area (Å²) in [6, 6.07) is 0. The first-order valence-corrected chi connectivity index (χ1v) is 5.72. The van der Waals surface area contributed by atoms with Gasteiger partial charge in [-0.2, -0.15) is 0 Å². The first-order chi connectivity index (χ1) is 7.00. The van der Waals surface area contributed by atoms with E-state index in [1.807, 2.05) is 13.8 Å². The summed E-state index contributed by atoms with van der Waals surface area (Å²) in [5.74, 6) is 0. The lowest BCUT2D eigenvalue weighted by molar-refractivity contribution is 0.103. The van der Waals surface area contributed by atoms with Crippen molar-refractivity contribution in [1.29, 1.82) is 0 Å². The van der Waals surface area contributed by atoms with Crippen LogP contribution in [-0.4, -0.2) is 33.9 Å². The molecule has 0 saturated heterocycles. The molecule has 0 fully saturated rings. The van der Waals surface area contributed by atoms with Gasteiger partial charge >= 0.3 is 0 Å². The quantitative estimate of drug-likeness (QED) is 0.693. The maximum atomic E-state index is 9.08. The highest BCUT2D eigenvalue weighted by atomic mass is 32.1. The fraction of sp³-hybridized carbons (Fsp3) is 0.700. The molecule has 15 heavy (non-hydrogen) atoms. The number of hydrogen-bond acceptors (Lipinski definition) is 5. The predicted octanol–water partition coefficient (Wildman–Crippen LogP) is 0.593. The van der Waals surface area contributed by atoms with Crippen molar-refractivity contribution in [3.05, 3.63) is 15.6 Å². The van der Waals surface area contributed by atoms with Crippen molar-refractivity contribution in [3.8, 4) is 0 Å². The highest BCUT2D eigenvalue weighted by molar-refractivity contribution is 7.11. The van der Waals surface area contributed by atoms with Crippen LogP contribution in [0.3, 0.4) is 0 Å². The fourth-order valence-corrected chi connectivity index (χ4v) is 1.94. The zero-order valence-electron chi connectivity index (χ0n) is 9.37. The summed E-state index contributed by atoms with van der Waals surface area (Å²) in [5, 5.41) is 22.3. The molecule has 0 aliphatic carbocycles. The molecule has 0 unspecified atom stereocenters. The largest absolute Gasteiger partial charge is 0.394 e. The molecule has 0 spiro atoms. The standard InChI is InChI=1S/C10H18N2O2S/c1-7-8(2)15-9(12-7)4-11-10(3,5-13)6-14/h11,13-14H,4-6H2,1-3H3. The summed E-state index contributed by atoms with van der Waals surface area (Å²) < 4.78 is 0. The molecule has 0 aliphatic heterocycles. The summed E-state index contributed by atoms with van der Waals surface area (Å²) in [5.41, 5.74) is 0.416. The van der Waals surface area contributed by atoms with Crippen LogP contribution in [0.2, 0.25) is 0 Å². The minimum absolute atomic E-state index is 0.0904. The number of aliphatic hydroxyl groups excluding tert-OH is 2. The molecule has 0 radical (unpaired) electrons. The molecule has 0 aromatic carbocycles. The van der Waals surface area contributed by atoms with Crippen LogP contribution in [0.4, 0.5) is 0 Å². The molecule has 0 atom stereocenters. The number of aryl methyl sites for hydroxylation is 2. The van der Waals surface area contributed by atoms with Gasteiger partial charge in [0.15, 0.2) is 0 Å².